The van der Waals surface area contributed by atoms with E-state index in [1.165, 1.54) is 12.8 Å². The van der Waals surface area contributed by atoms with Gasteiger partial charge in [0.2, 0.25) is 11.8 Å². The molecule has 19 heteroatoms. The summed E-state index contributed by atoms with van der Waals surface area (Å²) in [5.41, 5.74) is 6.79. The molecule has 9 atom stereocenters. The van der Waals surface area contributed by atoms with Crippen LogP contribution in [0, 0.1) is 47.3 Å². The van der Waals surface area contributed by atoms with Gasteiger partial charge < -0.3 is 37.0 Å². The van der Waals surface area contributed by atoms with E-state index in [-0.39, 0.29) is 82.7 Å². The standard InChI is InChI=1S/C28H44N2O4.C22H34N2O2.C2HF3O2.CH2Cl2.Na.H2O/c1-18(2)22-14-13-19(3)17-23(22)25(31)16-15-24(21-11-9-8-10-12-21)30-26(32)20(4)29-27(33)34-28(5,6)7;1-15(2)18-10-9-16(3)13-19(18)21(25)12-11-20(24-22(26)14-23)17-7-5-4-6-8-17;3-2(4,5)1(6)7;2-1-3;;/h8-12,18-20,22-24H,13-17H2,1-7H3,(H,29,33)(H,30,32);4-8,15-16,18-20H,9-14,23H2,1-3H3,(H,24,26);(H,6,7);1H2;;1H2/q;;;;+1;/p-1/t19-,20+,22+,23-,24-;16-,18+,19-,20-;;;;/m11..../s1. The minimum absolute atomic E-state index is 0. The molecule has 7 N–H and O–H groups in total. The van der Waals surface area contributed by atoms with Gasteiger partial charge in [0.15, 0.2) is 0 Å². The fraction of sp³-hybridized carbons (Fsp3) is 0.660. The topological polar surface area (TPSA) is 224 Å². The first-order valence-corrected chi connectivity index (χ1v) is 25.6. The van der Waals surface area contributed by atoms with Crippen molar-refractivity contribution in [3.8, 4) is 0 Å². The first-order chi connectivity index (χ1) is 32.6. The molecule has 2 aromatic rings. The van der Waals surface area contributed by atoms with Crippen LogP contribution in [0.15, 0.2) is 60.7 Å². The van der Waals surface area contributed by atoms with E-state index in [0.717, 1.165) is 36.8 Å². The molecule has 0 saturated heterocycles. The summed E-state index contributed by atoms with van der Waals surface area (Å²) >= 11 is 9.53. The number of carbonyl (C=O) groups is 6. The summed E-state index contributed by atoms with van der Waals surface area (Å²) in [6.07, 6.45) is 3.03. The van der Waals surface area contributed by atoms with Crippen molar-refractivity contribution in [1.82, 2.24) is 16.0 Å². The third-order valence-electron chi connectivity index (χ3n) is 12.8. The van der Waals surface area contributed by atoms with Gasteiger partial charge >= 0.3 is 47.8 Å². The van der Waals surface area contributed by atoms with Gasteiger partial charge in [-0.15, -0.1) is 23.2 Å². The number of rotatable bonds is 17. The second-order valence-corrected chi connectivity index (χ2v) is 21.2. The minimum Gasteiger partial charge on any atom is -0.870 e. The number of alkyl carbamates (subject to hydrolysis) is 1. The number of Topliss-reactive ketones (excluding diaryl/α,β-unsaturated/α-hetero) is 2. The number of ether oxygens (including phenoxy) is 1. The van der Waals surface area contributed by atoms with Crippen LogP contribution in [0.2, 0.25) is 0 Å². The molecule has 0 aromatic heterocycles. The zero-order valence-corrected chi connectivity index (χ0v) is 47.8. The van der Waals surface area contributed by atoms with Crippen LogP contribution >= 0.6 is 23.2 Å². The van der Waals surface area contributed by atoms with Gasteiger partial charge in [-0.3, -0.25) is 19.2 Å². The molecule has 2 aliphatic rings. The van der Waals surface area contributed by atoms with Crippen LogP contribution in [0.1, 0.15) is 157 Å². The third-order valence-corrected chi connectivity index (χ3v) is 12.8. The largest absolute Gasteiger partial charge is 1.00 e. The Kier molecular flexibility index (Phi) is 35.3. The molecular weight excluding hydrogens is 987 g/mol. The van der Waals surface area contributed by atoms with Gasteiger partial charge in [-0.05, 0) is 113 Å². The monoisotopic (exact) mass is 1070 g/mol. The van der Waals surface area contributed by atoms with Crippen LogP contribution in [0.3, 0.4) is 0 Å². The van der Waals surface area contributed by atoms with Gasteiger partial charge in [-0.2, -0.15) is 13.2 Å². The van der Waals surface area contributed by atoms with Gasteiger partial charge in [0.05, 0.1) is 24.0 Å². The first-order valence-electron chi connectivity index (χ1n) is 24.5. The maximum Gasteiger partial charge on any atom is 1.00 e. The smallest absolute Gasteiger partial charge is 0.870 e. The molecule has 72 heavy (non-hydrogen) atoms. The van der Waals surface area contributed by atoms with Crippen LogP contribution in [0.4, 0.5) is 18.0 Å². The van der Waals surface area contributed by atoms with Gasteiger partial charge in [0, 0.05) is 24.7 Å². The predicted molar refractivity (Wildman–Crippen MR) is 273 cm³/mol. The Morgan fingerprint density at radius 3 is 1.38 bits per heavy atom. The summed E-state index contributed by atoms with van der Waals surface area (Å²) in [7, 11) is 0. The van der Waals surface area contributed by atoms with Crippen molar-refractivity contribution in [2.24, 2.45) is 53.1 Å². The van der Waals surface area contributed by atoms with Crippen LogP contribution < -0.4 is 51.2 Å². The van der Waals surface area contributed by atoms with Crippen molar-refractivity contribution in [3.05, 3.63) is 71.8 Å². The van der Waals surface area contributed by atoms with Gasteiger partial charge in [-0.25, -0.2) is 9.59 Å². The summed E-state index contributed by atoms with van der Waals surface area (Å²) in [5, 5.41) is 15.9. The van der Waals surface area contributed by atoms with Crippen LogP contribution in [0.5, 0.6) is 0 Å². The molecule has 2 saturated carbocycles. The van der Waals surface area contributed by atoms with Crippen LogP contribution in [0.25, 0.3) is 0 Å². The number of amides is 3. The Balaban J connectivity index is 0. The number of benzene rings is 2. The summed E-state index contributed by atoms with van der Waals surface area (Å²) in [6.45, 7) is 20.3. The zero-order valence-electron chi connectivity index (χ0n) is 44.3. The van der Waals surface area contributed by atoms with E-state index in [1.54, 1.807) is 27.7 Å². The number of aliphatic carboxylic acids is 1. The quantitative estimate of drug-likeness (QED) is 0.0750. The Bertz CT molecular complexity index is 1900. The van der Waals surface area contributed by atoms with E-state index in [1.807, 2.05) is 60.7 Å². The second-order valence-electron chi connectivity index (χ2n) is 20.4. The number of nitrogens with one attached hydrogen (secondary N) is 3. The molecular formula is C53H82Cl2F3N4NaO9. The molecule has 3 amide bonds. The summed E-state index contributed by atoms with van der Waals surface area (Å²) < 4.78 is 37.0. The maximum atomic E-state index is 13.3. The molecule has 0 aliphatic heterocycles. The van der Waals surface area contributed by atoms with Gasteiger partial charge in [-0.1, -0.05) is 115 Å². The molecule has 13 nitrogen and oxygen atoms in total. The Morgan fingerprint density at radius 2 is 1.06 bits per heavy atom. The number of carboxylic acid groups (broad SMARTS) is 1. The van der Waals surface area contributed by atoms with Crippen molar-refractivity contribution in [2.45, 2.75) is 163 Å². The maximum absolute atomic E-state index is 13.3. The Hall–Kier alpha value is -3.25. The molecule has 0 radical (unpaired) electrons. The second kappa shape index (κ2) is 35.9. The van der Waals surface area contributed by atoms with Crippen molar-refractivity contribution >= 4 is 58.6 Å². The zero-order chi connectivity index (χ0) is 53.4. The average Bonchev–Trinajstić information content (AvgIpc) is 3.28. The summed E-state index contributed by atoms with van der Waals surface area (Å²) in [5.74, 6) is 0.851. The third kappa shape index (κ3) is 27.9. The molecule has 2 aliphatic carbocycles. The van der Waals surface area contributed by atoms with Crippen LogP contribution in [-0.2, 0) is 28.7 Å². The SMILES string of the molecule is CC(C)[C@@H]1CC[C@@H](C)C[C@H]1C(=O)CC[C@@H](NC(=O)CN)c1ccccc1.CC(C)[C@@H]1CC[C@@H](C)C[C@H]1C(=O)CC[C@@H](NC(=O)[C@H](C)NC(=O)OC(C)(C)C)c1ccccc1.ClCCl.O=C(O)C(F)(F)F.[Na+].[OH-]. The number of hydrogen-bond acceptors (Lipinski definition) is 9. The van der Waals surface area contributed by atoms with Crippen molar-refractivity contribution in [3.63, 3.8) is 0 Å². The first kappa shape index (κ1) is 70.8. The van der Waals surface area contributed by atoms with Crippen LogP contribution in [-0.4, -0.2) is 75.7 Å². The molecule has 0 bridgehead atoms. The van der Waals surface area contributed by atoms with E-state index in [4.69, 9.17) is 43.6 Å². The average molecular weight is 1070 g/mol. The van der Waals surface area contributed by atoms with Crippen molar-refractivity contribution < 1.29 is 86.8 Å². The minimum atomic E-state index is -5.08. The number of alkyl halides is 5. The van der Waals surface area contributed by atoms with E-state index < -0.39 is 29.9 Å². The number of halogens is 5. The Morgan fingerprint density at radius 1 is 0.694 bits per heavy atom. The normalized spacial score (nSPS) is 20.8. The van der Waals surface area contributed by atoms with E-state index >= 15 is 0 Å². The van der Waals surface area contributed by atoms with E-state index in [9.17, 15) is 37.1 Å². The summed E-state index contributed by atoms with van der Waals surface area (Å²) in [4.78, 5) is 72.0. The number of nitrogens with two attached hydrogens (primary N) is 1. The number of ketones is 2. The van der Waals surface area contributed by atoms with Crippen molar-refractivity contribution in [1.29, 1.82) is 0 Å². The van der Waals surface area contributed by atoms with E-state index in [2.05, 4.69) is 57.5 Å². The fourth-order valence-corrected chi connectivity index (χ4v) is 9.20. The Labute approximate surface area is 458 Å². The molecule has 2 aromatic carbocycles. The number of carboxylic acids is 1. The molecule has 0 unspecified atom stereocenters. The number of hydrogen-bond donors (Lipinski definition) is 5. The molecule has 404 valence electrons. The predicted octanol–water partition coefficient (Wildman–Crippen LogP) is 8.56. The molecule has 0 heterocycles. The summed E-state index contributed by atoms with van der Waals surface area (Å²) in [6, 6.07) is 18.3. The van der Waals surface area contributed by atoms with Crippen molar-refractivity contribution in [2.75, 3.05) is 11.9 Å². The number of carbonyl (C=O) groups excluding carboxylic acids is 5. The van der Waals surface area contributed by atoms with Gasteiger partial charge in [0.1, 0.15) is 23.2 Å². The molecule has 4 rings (SSSR count). The molecule has 0 spiro atoms. The fourth-order valence-electron chi connectivity index (χ4n) is 9.20. The van der Waals surface area contributed by atoms with Gasteiger partial charge in [0.25, 0.3) is 0 Å². The molecule has 2 fully saturated rings. The van der Waals surface area contributed by atoms with E-state index in [0.29, 0.717) is 72.8 Å².